The van der Waals surface area contributed by atoms with Gasteiger partial charge in [0.05, 0.1) is 11.5 Å². The van der Waals surface area contributed by atoms with Crippen LogP contribution in [0.25, 0.3) is 0 Å². The smallest absolute Gasteiger partial charge is 0.372 e. The second-order valence-corrected chi connectivity index (χ2v) is 4.02. The van der Waals surface area contributed by atoms with Crippen molar-refractivity contribution in [1.29, 1.82) is 5.26 Å². The van der Waals surface area contributed by atoms with E-state index in [0.717, 1.165) is 25.7 Å². The summed E-state index contributed by atoms with van der Waals surface area (Å²) in [6.07, 6.45) is -0.285. The van der Waals surface area contributed by atoms with Crippen molar-refractivity contribution in [3.05, 3.63) is 0 Å². The van der Waals surface area contributed by atoms with Crippen LogP contribution in [-0.2, 0) is 4.74 Å². The van der Waals surface area contributed by atoms with Crippen LogP contribution in [0.1, 0.15) is 32.1 Å². The van der Waals surface area contributed by atoms with E-state index in [4.69, 9.17) is 5.26 Å². The first kappa shape index (κ1) is 12.3. The summed E-state index contributed by atoms with van der Waals surface area (Å²) in [7, 11) is 0. The summed E-state index contributed by atoms with van der Waals surface area (Å²) in [5.41, 5.74) is -0.425. The van der Waals surface area contributed by atoms with E-state index < -0.39 is 18.2 Å². The number of nitriles is 1. The van der Waals surface area contributed by atoms with Crippen LogP contribution in [0.15, 0.2) is 0 Å². The van der Waals surface area contributed by atoms with Crippen molar-refractivity contribution in [3.63, 3.8) is 0 Å². The number of hydrogen-bond donors (Lipinski definition) is 0. The molecular weight excluding hydrogens is 207 g/mol. The zero-order valence-corrected chi connectivity index (χ0v) is 8.44. The van der Waals surface area contributed by atoms with Gasteiger partial charge in [-0.3, -0.25) is 0 Å². The molecule has 0 aromatic rings. The first-order chi connectivity index (χ1) is 6.97. The largest absolute Gasteiger partial charge is 0.411 e. The summed E-state index contributed by atoms with van der Waals surface area (Å²) in [5, 5.41) is 8.95. The molecule has 1 rings (SSSR count). The van der Waals surface area contributed by atoms with Crippen molar-refractivity contribution in [2.24, 2.45) is 5.41 Å². The molecule has 0 spiro atoms. The maximum atomic E-state index is 11.7. The number of hydrogen-bond acceptors (Lipinski definition) is 2. The van der Waals surface area contributed by atoms with Crippen LogP contribution < -0.4 is 0 Å². The van der Waals surface area contributed by atoms with E-state index in [1.54, 1.807) is 0 Å². The van der Waals surface area contributed by atoms with Gasteiger partial charge in [0.2, 0.25) is 0 Å². The Balaban J connectivity index is 2.22. The zero-order chi connectivity index (χ0) is 11.4. The molecule has 1 aliphatic rings. The Bertz CT molecular complexity index is 238. The van der Waals surface area contributed by atoms with Crippen molar-refractivity contribution in [1.82, 2.24) is 0 Å². The Kier molecular flexibility index (Phi) is 3.97. The van der Waals surface area contributed by atoms with Gasteiger partial charge in [0.15, 0.2) is 0 Å². The molecule has 0 heterocycles. The normalized spacial score (nSPS) is 20.1. The molecule has 0 amide bonds. The molecule has 0 radical (unpaired) electrons. The van der Waals surface area contributed by atoms with E-state index in [2.05, 4.69) is 10.8 Å². The average molecular weight is 221 g/mol. The quantitative estimate of drug-likeness (QED) is 0.683. The minimum atomic E-state index is -4.27. The number of alkyl halides is 3. The van der Waals surface area contributed by atoms with Gasteiger partial charge >= 0.3 is 6.18 Å². The van der Waals surface area contributed by atoms with E-state index in [1.165, 1.54) is 0 Å². The number of nitrogens with zero attached hydrogens (tertiary/aromatic N) is 1. The molecule has 0 unspecified atom stereocenters. The first-order valence-corrected chi connectivity index (χ1v) is 5.03. The lowest BCUT2D eigenvalue weighted by molar-refractivity contribution is -0.175. The zero-order valence-electron chi connectivity index (χ0n) is 8.44. The molecule has 2 nitrogen and oxygen atoms in total. The van der Waals surface area contributed by atoms with Crippen LogP contribution in [0.3, 0.4) is 0 Å². The molecule has 1 fully saturated rings. The van der Waals surface area contributed by atoms with Gasteiger partial charge in [0.1, 0.15) is 6.61 Å². The van der Waals surface area contributed by atoms with Crippen molar-refractivity contribution in [2.75, 3.05) is 13.2 Å². The van der Waals surface area contributed by atoms with Gasteiger partial charge in [-0.1, -0.05) is 12.8 Å². The molecule has 0 saturated heterocycles. The summed E-state index contributed by atoms with van der Waals surface area (Å²) in [6.45, 7) is -1.19. The monoisotopic (exact) mass is 221 g/mol. The van der Waals surface area contributed by atoms with Gasteiger partial charge in [-0.15, -0.1) is 0 Å². The van der Waals surface area contributed by atoms with Crippen LogP contribution >= 0.6 is 0 Å². The van der Waals surface area contributed by atoms with Gasteiger partial charge < -0.3 is 4.74 Å². The second kappa shape index (κ2) is 4.84. The molecule has 0 N–H and O–H groups in total. The molecule has 5 heteroatoms. The van der Waals surface area contributed by atoms with Crippen molar-refractivity contribution >= 4 is 0 Å². The molecule has 0 bridgehead atoms. The fraction of sp³-hybridized carbons (Fsp3) is 0.900. The van der Waals surface area contributed by atoms with Crippen LogP contribution in [0, 0.1) is 16.7 Å². The fourth-order valence-electron chi connectivity index (χ4n) is 1.92. The molecule has 0 aromatic heterocycles. The minimum absolute atomic E-state index is 0.0209. The summed E-state index contributed by atoms with van der Waals surface area (Å²) in [5.74, 6) is 0. The highest BCUT2D eigenvalue weighted by molar-refractivity contribution is 5.01. The molecule has 1 aliphatic carbocycles. The van der Waals surface area contributed by atoms with Gasteiger partial charge in [0.25, 0.3) is 0 Å². The standard InChI is InChI=1S/C10H14F3NO/c11-10(12,13)8-15-6-5-9(7-14)3-1-2-4-9/h1-6,8H2. The topological polar surface area (TPSA) is 33.0 Å². The van der Waals surface area contributed by atoms with Gasteiger partial charge in [0, 0.05) is 6.61 Å². The summed E-state index contributed by atoms with van der Waals surface area (Å²) in [6, 6.07) is 2.21. The molecule has 15 heavy (non-hydrogen) atoms. The lowest BCUT2D eigenvalue weighted by Gasteiger charge is -2.19. The third-order valence-electron chi connectivity index (χ3n) is 2.79. The summed E-state index contributed by atoms with van der Waals surface area (Å²) >= 11 is 0. The van der Waals surface area contributed by atoms with Crippen LogP contribution in [0.4, 0.5) is 13.2 Å². The third-order valence-corrected chi connectivity index (χ3v) is 2.79. The number of rotatable bonds is 4. The highest BCUT2D eigenvalue weighted by atomic mass is 19.4. The Morgan fingerprint density at radius 2 is 1.87 bits per heavy atom. The predicted molar refractivity (Wildman–Crippen MR) is 48.0 cm³/mol. The van der Waals surface area contributed by atoms with Crippen molar-refractivity contribution in [3.8, 4) is 6.07 Å². The Labute approximate surface area is 87.0 Å². The highest BCUT2D eigenvalue weighted by Gasteiger charge is 2.34. The van der Waals surface area contributed by atoms with Gasteiger partial charge in [-0.25, -0.2) is 0 Å². The van der Waals surface area contributed by atoms with Crippen LogP contribution in [0.2, 0.25) is 0 Å². The third kappa shape index (κ3) is 4.08. The van der Waals surface area contributed by atoms with E-state index in [-0.39, 0.29) is 6.61 Å². The van der Waals surface area contributed by atoms with E-state index in [0.29, 0.717) is 6.42 Å². The van der Waals surface area contributed by atoms with Gasteiger partial charge in [-0.2, -0.15) is 18.4 Å². The molecule has 86 valence electrons. The molecule has 0 atom stereocenters. The first-order valence-electron chi connectivity index (χ1n) is 5.03. The minimum Gasteiger partial charge on any atom is -0.372 e. The molecule has 0 aromatic carbocycles. The number of ether oxygens (including phenoxy) is 1. The maximum Gasteiger partial charge on any atom is 0.411 e. The SMILES string of the molecule is N#CC1(CCOCC(F)(F)F)CCCC1. The van der Waals surface area contributed by atoms with Crippen molar-refractivity contribution < 1.29 is 17.9 Å². The fourth-order valence-corrected chi connectivity index (χ4v) is 1.92. The van der Waals surface area contributed by atoms with E-state index in [9.17, 15) is 13.2 Å². The summed E-state index contributed by atoms with van der Waals surface area (Å²) < 4.78 is 39.7. The Morgan fingerprint density at radius 3 is 2.33 bits per heavy atom. The van der Waals surface area contributed by atoms with Gasteiger partial charge in [-0.05, 0) is 19.3 Å². The average Bonchev–Trinajstić information content (AvgIpc) is 2.60. The Morgan fingerprint density at radius 1 is 1.27 bits per heavy atom. The van der Waals surface area contributed by atoms with Crippen molar-refractivity contribution in [2.45, 2.75) is 38.3 Å². The molecular formula is C10H14F3NO. The second-order valence-electron chi connectivity index (χ2n) is 4.02. The lowest BCUT2D eigenvalue weighted by Crippen LogP contribution is -2.21. The molecule has 0 aliphatic heterocycles. The summed E-state index contributed by atoms with van der Waals surface area (Å²) in [4.78, 5) is 0. The van der Waals surface area contributed by atoms with Crippen LogP contribution in [0.5, 0.6) is 0 Å². The molecule has 1 saturated carbocycles. The van der Waals surface area contributed by atoms with Crippen LogP contribution in [-0.4, -0.2) is 19.4 Å². The highest BCUT2D eigenvalue weighted by Crippen LogP contribution is 2.40. The number of halogens is 3. The Hall–Kier alpha value is -0.760. The van der Waals surface area contributed by atoms with E-state index >= 15 is 0 Å². The lowest BCUT2D eigenvalue weighted by atomic mass is 9.85. The maximum absolute atomic E-state index is 11.7. The predicted octanol–water partition coefficient (Wildman–Crippen LogP) is 3.04. The van der Waals surface area contributed by atoms with E-state index in [1.807, 2.05) is 0 Å².